The van der Waals surface area contributed by atoms with Crippen LogP contribution in [0, 0.1) is 0 Å². The minimum atomic E-state index is -0.728. The Hall–Kier alpha value is -2.24. The van der Waals surface area contributed by atoms with Gasteiger partial charge in [-0.1, -0.05) is 31.5 Å². The molecule has 0 bridgehead atoms. The third-order valence-electron chi connectivity index (χ3n) is 2.76. The molecule has 0 aromatic heterocycles. The summed E-state index contributed by atoms with van der Waals surface area (Å²) in [5.41, 5.74) is -0.728. The molecule has 0 aliphatic rings. The lowest BCUT2D eigenvalue weighted by Gasteiger charge is -2.25. The van der Waals surface area contributed by atoms with Crippen molar-refractivity contribution in [2.75, 3.05) is 13.2 Å². The van der Waals surface area contributed by atoms with Crippen molar-refractivity contribution in [3.8, 4) is 5.75 Å². The largest absolute Gasteiger partial charge is 0.447 e. The maximum absolute atomic E-state index is 11.8. The molecule has 2 N–H and O–H groups in total. The molecule has 6 heteroatoms. The van der Waals surface area contributed by atoms with Gasteiger partial charge in [0.1, 0.15) is 12.4 Å². The van der Waals surface area contributed by atoms with E-state index in [0.29, 0.717) is 12.3 Å². The summed E-state index contributed by atoms with van der Waals surface area (Å²) < 4.78 is 10.2. The molecule has 0 saturated heterocycles. The summed E-state index contributed by atoms with van der Waals surface area (Å²) in [5.74, 6) is 0.453. The highest BCUT2D eigenvalue weighted by molar-refractivity contribution is 5.71. The number of alkyl carbamates (subject to hydrolysis) is 1. The van der Waals surface area contributed by atoms with E-state index in [1.54, 1.807) is 38.1 Å². The lowest BCUT2D eigenvalue weighted by molar-refractivity contribution is 0.111. The molecule has 22 heavy (non-hydrogen) atoms. The second-order valence-corrected chi connectivity index (χ2v) is 5.57. The minimum Gasteiger partial charge on any atom is -0.447 e. The van der Waals surface area contributed by atoms with E-state index in [4.69, 9.17) is 9.47 Å². The van der Waals surface area contributed by atoms with Crippen LogP contribution >= 0.6 is 0 Å². The number of nitrogens with one attached hydrogen (secondary N) is 2. The zero-order chi connectivity index (χ0) is 16.4. The van der Waals surface area contributed by atoms with Crippen molar-refractivity contribution in [3.05, 3.63) is 30.3 Å². The van der Waals surface area contributed by atoms with Gasteiger partial charge in [0.15, 0.2) is 0 Å². The number of carbonyl (C=O) groups excluding carboxylic acids is 2. The maximum Gasteiger partial charge on any atom is 0.413 e. The predicted octanol–water partition coefficient (Wildman–Crippen LogP) is 3.08. The van der Waals surface area contributed by atoms with Gasteiger partial charge in [0.25, 0.3) is 0 Å². The number of carbonyl (C=O) groups is 2. The van der Waals surface area contributed by atoms with Crippen LogP contribution < -0.4 is 15.4 Å². The Bertz CT molecular complexity index is 474. The minimum absolute atomic E-state index is 0.0504. The molecule has 1 rings (SSSR count). The third kappa shape index (κ3) is 7.52. The molecule has 0 aliphatic heterocycles. The highest BCUT2D eigenvalue weighted by Crippen LogP contribution is 2.10. The molecule has 2 amide bonds. The van der Waals surface area contributed by atoms with E-state index in [1.165, 1.54) is 0 Å². The molecule has 0 saturated carbocycles. The van der Waals surface area contributed by atoms with E-state index in [9.17, 15) is 9.59 Å². The van der Waals surface area contributed by atoms with Crippen molar-refractivity contribution in [1.29, 1.82) is 0 Å². The van der Waals surface area contributed by atoms with E-state index < -0.39 is 17.7 Å². The van der Waals surface area contributed by atoms with Crippen molar-refractivity contribution in [3.63, 3.8) is 0 Å². The van der Waals surface area contributed by atoms with Crippen molar-refractivity contribution >= 4 is 12.2 Å². The van der Waals surface area contributed by atoms with Crippen LogP contribution in [0.4, 0.5) is 9.59 Å². The highest BCUT2D eigenvalue weighted by Gasteiger charge is 2.23. The maximum atomic E-state index is 11.8. The second-order valence-electron chi connectivity index (χ2n) is 5.57. The summed E-state index contributed by atoms with van der Waals surface area (Å²) in [4.78, 5) is 23.3. The van der Waals surface area contributed by atoms with E-state index >= 15 is 0 Å². The Morgan fingerprint density at radius 1 is 1.14 bits per heavy atom. The molecule has 0 unspecified atom stereocenters. The number of para-hydroxylation sites is 1. The van der Waals surface area contributed by atoms with Crippen LogP contribution in [0.15, 0.2) is 30.3 Å². The fourth-order valence-electron chi connectivity index (χ4n) is 1.60. The predicted molar refractivity (Wildman–Crippen MR) is 83.9 cm³/mol. The Morgan fingerprint density at radius 3 is 2.45 bits per heavy atom. The average Bonchev–Trinajstić information content (AvgIpc) is 2.46. The molecule has 1 aromatic rings. The van der Waals surface area contributed by atoms with E-state index in [1.807, 2.05) is 13.0 Å². The van der Waals surface area contributed by atoms with Gasteiger partial charge in [0.2, 0.25) is 0 Å². The summed E-state index contributed by atoms with van der Waals surface area (Å²) in [6, 6.07) is 8.75. The molecule has 6 nitrogen and oxygen atoms in total. The van der Waals surface area contributed by atoms with Gasteiger partial charge in [0, 0.05) is 6.54 Å². The molecule has 0 spiro atoms. The van der Waals surface area contributed by atoms with Crippen LogP contribution in [-0.2, 0) is 4.74 Å². The molecule has 0 aliphatic carbocycles. The van der Waals surface area contributed by atoms with Crippen LogP contribution in [0.25, 0.3) is 0 Å². The van der Waals surface area contributed by atoms with Gasteiger partial charge in [0.05, 0.1) is 5.54 Å². The molecule has 0 atom stereocenters. The lowest BCUT2D eigenvalue weighted by atomic mass is 10.1. The zero-order valence-corrected chi connectivity index (χ0v) is 13.3. The fraction of sp³-hybridized carbons (Fsp3) is 0.500. The van der Waals surface area contributed by atoms with Gasteiger partial charge in [-0.25, -0.2) is 9.59 Å². The van der Waals surface area contributed by atoms with E-state index in [2.05, 4.69) is 10.6 Å². The fourth-order valence-corrected chi connectivity index (χ4v) is 1.60. The van der Waals surface area contributed by atoms with Gasteiger partial charge in [-0.3, -0.25) is 0 Å². The van der Waals surface area contributed by atoms with Gasteiger partial charge >= 0.3 is 12.2 Å². The van der Waals surface area contributed by atoms with Crippen LogP contribution in [0.1, 0.15) is 33.6 Å². The molecule has 0 heterocycles. The summed E-state index contributed by atoms with van der Waals surface area (Å²) in [6.07, 6.45) is 0.824. The number of hydrogen-bond acceptors (Lipinski definition) is 4. The summed E-state index contributed by atoms with van der Waals surface area (Å²) in [5, 5.41) is 5.31. The Labute approximate surface area is 131 Å². The Morgan fingerprint density at radius 2 is 1.82 bits per heavy atom. The quantitative estimate of drug-likeness (QED) is 0.759. The highest BCUT2D eigenvalue weighted by atomic mass is 16.6. The summed E-state index contributed by atoms with van der Waals surface area (Å²) in [7, 11) is 0. The number of ether oxygens (including phenoxy) is 2. The van der Waals surface area contributed by atoms with E-state index in [0.717, 1.165) is 12.8 Å². The molecule has 0 radical (unpaired) electrons. The lowest BCUT2D eigenvalue weighted by Crippen LogP contribution is -2.49. The van der Waals surface area contributed by atoms with Crippen LogP contribution in [0.3, 0.4) is 0 Å². The molecular formula is C16H24N2O4. The first-order valence-corrected chi connectivity index (χ1v) is 7.38. The van der Waals surface area contributed by atoms with Crippen LogP contribution in [0.5, 0.6) is 5.75 Å². The Kier molecular flexibility index (Phi) is 7.22. The topological polar surface area (TPSA) is 76.7 Å². The smallest absolute Gasteiger partial charge is 0.413 e. The average molecular weight is 308 g/mol. The number of amides is 2. The normalized spacial score (nSPS) is 10.7. The van der Waals surface area contributed by atoms with E-state index in [-0.39, 0.29) is 6.61 Å². The first-order valence-electron chi connectivity index (χ1n) is 7.38. The van der Waals surface area contributed by atoms with Gasteiger partial charge in [-0.2, -0.15) is 0 Å². The SMILES string of the molecule is CCCCNC(=O)OCC(C)(C)NC(=O)Oc1ccccc1. The van der Waals surface area contributed by atoms with Crippen LogP contribution in [-0.4, -0.2) is 30.9 Å². The molecule has 0 fully saturated rings. The van der Waals surface area contributed by atoms with Crippen molar-refractivity contribution < 1.29 is 19.1 Å². The Balaban J connectivity index is 2.33. The number of hydrogen-bond donors (Lipinski definition) is 2. The van der Waals surface area contributed by atoms with Crippen LogP contribution in [0.2, 0.25) is 0 Å². The van der Waals surface area contributed by atoms with Gasteiger partial charge < -0.3 is 20.1 Å². The monoisotopic (exact) mass is 308 g/mol. The summed E-state index contributed by atoms with van der Waals surface area (Å²) in [6.45, 7) is 6.17. The first kappa shape index (κ1) is 17.8. The summed E-state index contributed by atoms with van der Waals surface area (Å²) >= 11 is 0. The first-order chi connectivity index (χ1) is 10.4. The zero-order valence-electron chi connectivity index (χ0n) is 13.3. The number of rotatable bonds is 7. The molecule has 122 valence electrons. The van der Waals surface area contributed by atoms with Crippen molar-refractivity contribution in [2.45, 2.75) is 39.2 Å². The van der Waals surface area contributed by atoms with Crippen molar-refractivity contribution in [2.24, 2.45) is 0 Å². The van der Waals surface area contributed by atoms with Gasteiger partial charge in [-0.15, -0.1) is 0 Å². The molecular weight excluding hydrogens is 284 g/mol. The third-order valence-corrected chi connectivity index (χ3v) is 2.76. The molecule has 1 aromatic carbocycles. The second kappa shape index (κ2) is 8.92. The standard InChI is InChI=1S/C16H24N2O4/c1-4-5-11-17-14(19)21-12-16(2,3)18-15(20)22-13-9-7-6-8-10-13/h6-10H,4-5,11-12H2,1-3H3,(H,17,19)(H,18,20). The van der Waals surface area contributed by atoms with Gasteiger partial charge in [-0.05, 0) is 32.4 Å². The number of unbranched alkanes of at least 4 members (excludes halogenated alkanes) is 1. The number of benzene rings is 1. The van der Waals surface area contributed by atoms with Crippen molar-refractivity contribution in [1.82, 2.24) is 10.6 Å².